The Hall–Kier alpha value is -1.31. The maximum absolute atomic E-state index is 3.99. The van der Waals surface area contributed by atoms with Gasteiger partial charge in [0.1, 0.15) is 0 Å². The Balaban J connectivity index is 4.50. The van der Waals surface area contributed by atoms with Crippen LogP contribution in [0.2, 0.25) is 0 Å². The summed E-state index contributed by atoms with van der Waals surface area (Å²) in [5.74, 6) is 0. The first-order valence-electron chi connectivity index (χ1n) is 3.42. The van der Waals surface area contributed by atoms with E-state index in [-0.39, 0.29) is 0 Å². The summed E-state index contributed by atoms with van der Waals surface area (Å²) in [6, 6.07) is 0. The lowest BCUT2D eigenvalue weighted by molar-refractivity contribution is 0.900. The van der Waals surface area contributed by atoms with Crippen LogP contribution in [0.5, 0.6) is 0 Å². The van der Waals surface area contributed by atoms with Crippen molar-refractivity contribution in [3.05, 3.63) is 37.0 Å². The van der Waals surface area contributed by atoms with Crippen molar-refractivity contribution in [2.45, 2.75) is 6.92 Å². The number of nitrogens with zero attached hydrogens (tertiary/aromatic N) is 1. The van der Waals surface area contributed by atoms with Gasteiger partial charge in [-0.1, -0.05) is 31.4 Å². The van der Waals surface area contributed by atoms with Crippen LogP contribution in [0.15, 0.2) is 42.1 Å². The van der Waals surface area contributed by atoms with Crippen molar-refractivity contribution in [1.82, 2.24) is 5.43 Å². The highest BCUT2D eigenvalue weighted by molar-refractivity contribution is 6.00. The Morgan fingerprint density at radius 1 is 1.45 bits per heavy atom. The van der Waals surface area contributed by atoms with E-state index in [1.807, 2.05) is 13.0 Å². The zero-order valence-electron chi connectivity index (χ0n) is 7.09. The Bertz CT molecular complexity index is 200. The molecule has 0 saturated heterocycles. The second kappa shape index (κ2) is 5.47. The number of hydrogen-bond acceptors (Lipinski definition) is 2. The van der Waals surface area contributed by atoms with Crippen molar-refractivity contribution < 1.29 is 0 Å². The van der Waals surface area contributed by atoms with Crippen molar-refractivity contribution in [2.75, 3.05) is 7.05 Å². The zero-order valence-corrected chi connectivity index (χ0v) is 7.09. The molecule has 0 amide bonds. The summed E-state index contributed by atoms with van der Waals surface area (Å²) in [6.45, 7) is 9.16. The third kappa shape index (κ3) is 3.40. The van der Waals surface area contributed by atoms with Crippen molar-refractivity contribution in [1.29, 1.82) is 0 Å². The third-order valence-electron chi connectivity index (χ3n) is 1.21. The van der Waals surface area contributed by atoms with Crippen molar-refractivity contribution >= 4 is 5.71 Å². The Labute approximate surface area is 68.0 Å². The van der Waals surface area contributed by atoms with Crippen LogP contribution in [0.1, 0.15) is 6.92 Å². The zero-order chi connectivity index (χ0) is 8.69. The van der Waals surface area contributed by atoms with Gasteiger partial charge in [0.15, 0.2) is 0 Å². The molecule has 0 aliphatic heterocycles. The number of rotatable bonds is 4. The van der Waals surface area contributed by atoms with Gasteiger partial charge in [-0.05, 0) is 12.5 Å². The van der Waals surface area contributed by atoms with Crippen molar-refractivity contribution in [2.24, 2.45) is 5.10 Å². The average molecular weight is 150 g/mol. The molecule has 0 fully saturated rings. The molecule has 0 aromatic carbocycles. The number of allylic oxidation sites excluding steroid dienone is 4. The van der Waals surface area contributed by atoms with Gasteiger partial charge in [0, 0.05) is 7.05 Å². The topological polar surface area (TPSA) is 24.4 Å². The lowest BCUT2D eigenvalue weighted by Gasteiger charge is -1.98. The highest BCUT2D eigenvalue weighted by Gasteiger charge is 1.92. The third-order valence-corrected chi connectivity index (χ3v) is 1.21. The average Bonchev–Trinajstić information content (AvgIpc) is 2.00. The molecular formula is C9H14N2. The monoisotopic (exact) mass is 150 g/mol. The molecule has 11 heavy (non-hydrogen) atoms. The molecule has 0 saturated carbocycles. The highest BCUT2D eigenvalue weighted by Crippen LogP contribution is 1.98. The fraction of sp³-hybridized carbons (Fsp3) is 0.222. The van der Waals surface area contributed by atoms with E-state index in [1.165, 1.54) is 0 Å². The fourth-order valence-electron chi connectivity index (χ4n) is 0.696. The molecule has 0 aliphatic rings. The molecule has 1 N–H and O–H groups in total. The molecule has 0 aliphatic carbocycles. The molecular weight excluding hydrogens is 136 g/mol. The summed E-state index contributed by atoms with van der Waals surface area (Å²) in [6.07, 6.45) is 5.33. The number of hydrazone groups is 1. The lowest BCUT2D eigenvalue weighted by Crippen LogP contribution is -2.02. The summed E-state index contributed by atoms with van der Waals surface area (Å²) >= 11 is 0. The minimum absolute atomic E-state index is 0.905. The van der Waals surface area contributed by atoms with Crippen LogP contribution >= 0.6 is 0 Å². The van der Waals surface area contributed by atoms with E-state index in [4.69, 9.17) is 0 Å². The van der Waals surface area contributed by atoms with Crippen LogP contribution in [0, 0.1) is 0 Å². The van der Waals surface area contributed by atoms with Crippen molar-refractivity contribution in [3.63, 3.8) is 0 Å². The highest BCUT2D eigenvalue weighted by atomic mass is 15.3. The largest absolute Gasteiger partial charge is 0.313 e. The molecule has 60 valence electrons. The number of nitrogens with one attached hydrogen (secondary N) is 1. The molecule has 0 heterocycles. The number of hydrogen-bond donors (Lipinski definition) is 1. The van der Waals surface area contributed by atoms with Gasteiger partial charge in [0.05, 0.1) is 5.71 Å². The molecule has 0 aromatic rings. The molecule has 0 unspecified atom stereocenters. The van der Waals surface area contributed by atoms with E-state index in [0.29, 0.717) is 0 Å². The molecule has 0 rings (SSSR count). The Kier molecular flexibility index (Phi) is 4.82. The predicted octanol–water partition coefficient (Wildman–Crippen LogP) is 1.88. The minimum Gasteiger partial charge on any atom is -0.313 e. The SMILES string of the molecule is C=C/C=C(C=C)/C(C)=N/NC. The van der Waals surface area contributed by atoms with E-state index in [0.717, 1.165) is 11.3 Å². The second-order valence-electron chi connectivity index (χ2n) is 1.98. The maximum Gasteiger partial charge on any atom is 0.0643 e. The van der Waals surface area contributed by atoms with Gasteiger partial charge in [0.2, 0.25) is 0 Å². The molecule has 2 heteroatoms. The van der Waals surface area contributed by atoms with Gasteiger partial charge in [-0.3, -0.25) is 0 Å². The van der Waals surface area contributed by atoms with Gasteiger partial charge in [-0.2, -0.15) is 5.10 Å². The van der Waals surface area contributed by atoms with E-state index in [9.17, 15) is 0 Å². The molecule has 0 spiro atoms. The first-order chi connectivity index (χ1) is 5.26. The van der Waals surface area contributed by atoms with E-state index in [2.05, 4.69) is 23.7 Å². The molecule has 0 atom stereocenters. The molecule has 2 nitrogen and oxygen atoms in total. The van der Waals surface area contributed by atoms with Crippen LogP contribution < -0.4 is 5.43 Å². The van der Waals surface area contributed by atoms with E-state index in [1.54, 1.807) is 19.2 Å². The lowest BCUT2D eigenvalue weighted by atomic mass is 10.1. The summed E-state index contributed by atoms with van der Waals surface area (Å²) in [5.41, 5.74) is 4.59. The standard InChI is InChI=1S/C9H14N2/c1-5-7-9(6-2)8(3)11-10-4/h5-7,10H,1-2H2,3-4H3/b9-7+,11-8+. The van der Waals surface area contributed by atoms with Crippen LogP contribution in [-0.2, 0) is 0 Å². The van der Waals surface area contributed by atoms with E-state index < -0.39 is 0 Å². The molecule has 0 aromatic heterocycles. The fourth-order valence-corrected chi connectivity index (χ4v) is 0.696. The Morgan fingerprint density at radius 3 is 2.45 bits per heavy atom. The molecule has 0 bridgehead atoms. The predicted molar refractivity (Wildman–Crippen MR) is 50.6 cm³/mol. The first-order valence-corrected chi connectivity index (χ1v) is 3.42. The van der Waals surface area contributed by atoms with Crippen LogP contribution in [0.25, 0.3) is 0 Å². The molecule has 0 radical (unpaired) electrons. The van der Waals surface area contributed by atoms with Crippen LogP contribution in [0.3, 0.4) is 0 Å². The van der Waals surface area contributed by atoms with Gasteiger partial charge in [-0.15, -0.1) is 0 Å². The van der Waals surface area contributed by atoms with Gasteiger partial charge in [-0.25, -0.2) is 0 Å². The Morgan fingerprint density at radius 2 is 2.09 bits per heavy atom. The normalized spacial score (nSPS) is 12.5. The van der Waals surface area contributed by atoms with Crippen LogP contribution in [-0.4, -0.2) is 12.8 Å². The maximum atomic E-state index is 3.99. The minimum atomic E-state index is 0.905. The summed E-state index contributed by atoms with van der Waals surface area (Å²) < 4.78 is 0. The van der Waals surface area contributed by atoms with Gasteiger partial charge >= 0.3 is 0 Å². The summed E-state index contributed by atoms with van der Waals surface area (Å²) in [7, 11) is 1.76. The van der Waals surface area contributed by atoms with Gasteiger partial charge < -0.3 is 5.43 Å². The summed E-state index contributed by atoms with van der Waals surface area (Å²) in [5, 5.41) is 3.99. The van der Waals surface area contributed by atoms with Crippen molar-refractivity contribution in [3.8, 4) is 0 Å². The smallest absolute Gasteiger partial charge is 0.0643 e. The van der Waals surface area contributed by atoms with Crippen LogP contribution in [0.4, 0.5) is 0 Å². The quantitative estimate of drug-likeness (QED) is 0.369. The van der Waals surface area contributed by atoms with E-state index >= 15 is 0 Å². The van der Waals surface area contributed by atoms with Gasteiger partial charge in [0.25, 0.3) is 0 Å². The first kappa shape index (κ1) is 9.69. The second-order valence-corrected chi connectivity index (χ2v) is 1.98. The summed E-state index contributed by atoms with van der Waals surface area (Å²) in [4.78, 5) is 0.